The number of carboxylic acid groups (broad SMARTS) is 2. The van der Waals surface area contributed by atoms with E-state index in [1.54, 1.807) is 30.3 Å². The standard InChI is InChI=1S/C16H10N4O4/c21-15(22)12-5-1-3-10(18-12)9-7-8-17-20-14(9)11-4-2-6-13(19-11)16(23)24/h1-8H,(H,21,22)(H,23,24). The van der Waals surface area contributed by atoms with Crippen LogP contribution < -0.4 is 0 Å². The van der Waals surface area contributed by atoms with Crippen LogP contribution in [-0.2, 0) is 0 Å². The topological polar surface area (TPSA) is 126 Å². The summed E-state index contributed by atoms with van der Waals surface area (Å²) in [5, 5.41) is 25.9. The minimum Gasteiger partial charge on any atom is -0.477 e. The molecular formula is C16H10N4O4. The Labute approximate surface area is 135 Å². The van der Waals surface area contributed by atoms with Gasteiger partial charge in [-0.25, -0.2) is 19.6 Å². The molecule has 0 atom stereocenters. The van der Waals surface area contributed by atoms with E-state index in [1.165, 1.54) is 18.3 Å². The molecule has 8 nitrogen and oxygen atoms in total. The molecule has 0 aliphatic carbocycles. The molecule has 3 heterocycles. The summed E-state index contributed by atoms with van der Waals surface area (Å²) in [7, 11) is 0. The van der Waals surface area contributed by atoms with Crippen molar-refractivity contribution in [3.8, 4) is 22.6 Å². The average molecular weight is 322 g/mol. The highest BCUT2D eigenvalue weighted by Gasteiger charge is 2.15. The van der Waals surface area contributed by atoms with Crippen molar-refractivity contribution < 1.29 is 19.8 Å². The zero-order valence-electron chi connectivity index (χ0n) is 12.1. The van der Waals surface area contributed by atoms with E-state index < -0.39 is 11.9 Å². The Bertz CT molecular complexity index is 866. The Morgan fingerprint density at radius 3 is 2.00 bits per heavy atom. The zero-order valence-corrected chi connectivity index (χ0v) is 12.1. The van der Waals surface area contributed by atoms with Crippen molar-refractivity contribution in [2.24, 2.45) is 0 Å². The molecule has 3 aromatic rings. The summed E-state index contributed by atoms with van der Waals surface area (Å²) in [4.78, 5) is 30.3. The Hall–Kier alpha value is -3.68. The molecule has 0 saturated heterocycles. The molecule has 3 rings (SSSR count). The molecule has 0 aromatic carbocycles. The smallest absolute Gasteiger partial charge is 0.354 e. The number of rotatable bonds is 4. The molecule has 0 spiro atoms. The first-order chi connectivity index (χ1) is 11.6. The van der Waals surface area contributed by atoms with Gasteiger partial charge in [-0.15, -0.1) is 5.10 Å². The van der Waals surface area contributed by atoms with Gasteiger partial charge in [0.15, 0.2) is 0 Å². The van der Waals surface area contributed by atoms with Crippen LogP contribution >= 0.6 is 0 Å². The molecule has 3 aromatic heterocycles. The van der Waals surface area contributed by atoms with Gasteiger partial charge in [0.1, 0.15) is 17.1 Å². The van der Waals surface area contributed by atoms with Gasteiger partial charge >= 0.3 is 11.9 Å². The SMILES string of the molecule is O=C(O)c1cccc(-c2ccnnc2-c2cccc(C(=O)O)n2)n1. The number of hydrogen-bond acceptors (Lipinski definition) is 6. The third kappa shape index (κ3) is 2.93. The lowest BCUT2D eigenvalue weighted by molar-refractivity contribution is 0.0680. The van der Waals surface area contributed by atoms with Crippen LogP contribution in [0.3, 0.4) is 0 Å². The minimum atomic E-state index is -1.16. The molecule has 2 N–H and O–H groups in total. The molecule has 0 aliphatic rings. The second-order valence-electron chi connectivity index (χ2n) is 4.72. The Balaban J connectivity index is 2.16. The van der Waals surface area contributed by atoms with Gasteiger partial charge in [0.05, 0.1) is 17.6 Å². The lowest BCUT2D eigenvalue weighted by Gasteiger charge is -2.08. The molecule has 8 heteroatoms. The Kier molecular flexibility index (Phi) is 3.94. The highest BCUT2D eigenvalue weighted by Crippen LogP contribution is 2.27. The van der Waals surface area contributed by atoms with Crippen molar-refractivity contribution in [2.45, 2.75) is 0 Å². The maximum absolute atomic E-state index is 11.1. The van der Waals surface area contributed by atoms with Crippen LogP contribution in [0.25, 0.3) is 22.6 Å². The van der Waals surface area contributed by atoms with Gasteiger partial charge in [0, 0.05) is 5.56 Å². The van der Waals surface area contributed by atoms with E-state index in [9.17, 15) is 9.59 Å². The van der Waals surface area contributed by atoms with Crippen molar-refractivity contribution in [1.29, 1.82) is 0 Å². The first-order valence-electron chi connectivity index (χ1n) is 6.79. The molecule has 118 valence electrons. The van der Waals surface area contributed by atoms with E-state index in [2.05, 4.69) is 20.2 Å². The molecule has 0 fully saturated rings. The highest BCUT2D eigenvalue weighted by molar-refractivity contribution is 5.88. The Morgan fingerprint density at radius 2 is 1.38 bits per heavy atom. The summed E-state index contributed by atoms with van der Waals surface area (Å²) in [5.41, 5.74) is 1.26. The predicted molar refractivity (Wildman–Crippen MR) is 82.4 cm³/mol. The molecule has 0 saturated carbocycles. The third-order valence-electron chi connectivity index (χ3n) is 3.18. The summed E-state index contributed by atoms with van der Waals surface area (Å²) in [5.74, 6) is -2.31. The van der Waals surface area contributed by atoms with Crippen molar-refractivity contribution in [2.75, 3.05) is 0 Å². The zero-order chi connectivity index (χ0) is 17.1. The minimum absolute atomic E-state index is 0.109. The normalized spacial score (nSPS) is 10.3. The van der Waals surface area contributed by atoms with Gasteiger partial charge in [-0.2, -0.15) is 5.10 Å². The first-order valence-corrected chi connectivity index (χ1v) is 6.79. The summed E-state index contributed by atoms with van der Waals surface area (Å²) < 4.78 is 0. The van der Waals surface area contributed by atoms with Crippen molar-refractivity contribution >= 4 is 11.9 Å². The van der Waals surface area contributed by atoms with Gasteiger partial charge in [-0.1, -0.05) is 12.1 Å². The average Bonchev–Trinajstić information content (AvgIpc) is 2.62. The number of aromatic carboxylic acids is 2. The van der Waals surface area contributed by atoms with Crippen molar-refractivity contribution in [3.05, 3.63) is 60.0 Å². The molecule has 0 radical (unpaired) electrons. The summed E-state index contributed by atoms with van der Waals surface area (Å²) in [6.45, 7) is 0. The number of nitrogens with zero attached hydrogens (tertiary/aromatic N) is 4. The molecule has 24 heavy (non-hydrogen) atoms. The fraction of sp³-hybridized carbons (Fsp3) is 0. The monoisotopic (exact) mass is 322 g/mol. The maximum atomic E-state index is 11.1. The van der Waals surface area contributed by atoms with Crippen LogP contribution in [0.4, 0.5) is 0 Å². The number of aromatic nitrogens is 4. The summed E-state index contributed by atoms with van der Waals surface area (Å²) >= 11 is 0. The molecule has 0 bridgehead atoms. The van der Waals surface area contributed by atoms with Crippen LogP contribution in [0.1, 0.15) is 21.0 Å². The van der Waals surface area contributed by atoms with E-state index in [-0.39, 0.29) is 11.4 Å². The number of carbonyl (C=O) groups is 2. The van der Waals surface area contributed by atoms with Gasteiger partial charge in [0.25, 0.3) is 0 Å². The summed E-state index contributed by atoms with van der Waals surface area (Å²) in [6.07, 6.45) is 1.44. The number of carboxylic acids is 2. The largest absolute Gasteiger partial charge is 0.477 e. The van der Waals surface area contributed by atoms with Gasteiger partial charge < -0.3 is 10.2 Å². The van der Waals surface area contributed by atoms with E-state index in [4.69, 9.17) is 10.2 Å². The van der Waals surface area contributed by atoms with Gasteiger partial charge in [-0.3, -0.25) is 0 Å². The Morgan fingerprint density at radius 1 is 0.792 bits per heavy atom. The molecule has 0 amide bonds. The highest BCUT2D eigenvalue weighted by atomic mass is 16.4. The van der Waals surface area contributed by atoms with Gasteiger partial charge in [-0.05, 0) is 30.3 Å². The van der Waals surface area contributed by atoms with Crippen LogP contribution in [0.2, 0.25) is 0 Å². The lowest BCUT2D eigenvalue weighted by Crippen LogP contribution is -2.04. The molecular weight excluding hydrogens is 312 g/mol. The number of pyridine rings is 2. The third-order valence-corrected chi connectivity index (χ3v) is 3.18. The predicted octanol–water partition coefficient (Wildman–Crippen LogP) is 2.00. The fourth-order valence-electron chi connectivity index (χ4n) is 2.12. The number of hydrogen-bond donors (Lipinski definition) is 2. The summed E-state index contributed by atoms with van der Waals surface area (Å²) in [6, 6.07) is 10.7. The maximum Gasteiger partial charge on any atom is 0.354 e. The van der Waals surface area contributed by atoms with Crippen LogP contribution in [-0.4, -0.2) is 42.3 Å². The first kappa shape index (κ1) is 15.2. The van der Waals surface area contributed by atoms with E-state index in [0.717, 1.165) is 0 Å². The van der Waals surface area contributed by atoms with Crippen LogP contribution in [0.5, 0.6) is 0 Å². The van der Waals surface area contributed by atoms with E-state index in [0.29, 0.717) is 22.6 Å². The van der Waals surface area contributed by atoms with Gasteiger partial charge in [0.2, 0.25) is 0 Å². The lowest BCUT2D eigenvalue weighted by atomic mass is 10.1. The quantitative estimate of drug-likeness (QED) is 0.746. The second kappa shape index (κ2) is 6.21. The van der Waals surface area contributed by atoms with Crippen LogP contribution in [0, 0.1) is 0 Å². The second-order valence-corrected chi connectivity index (χ2v) is 4.72. The van der Waals surface area contributed by atoms with E-state index in [1.807, 2.05) is 0 Å². The van der Waals surface area contributed by atoms with Crippen molar-refractivity contribution in [3.63, 3.8) is 0 Å². The molecule has 0 unspecified atom stereocenters. The fourth-order valence-corrected chi connectivity index (χ4v) is 2.12. The van der Waals surface area contributed by atoms with Crippen molar-refractivity contribution in [1.82, 2.24) is 20.2 Å². The van der Waals surface area contributed by atoms with E-state index >= 15 is 0 Å². The molecule has 0 aliphatic heterocycles. The van der Waals surface area contributed by atoms with Crippen LogP contribution in [0.15, 0.2) is 48.7 Å².